The lowest BCUT2D eigenvalue weighted by Crippen LogP contribution is -2.21. The first kappa shape index (κ1) is 46.0. The molecule has 0 unspecified atom stereocenters. The molecule has 0 heterocycles. The summed E-state index contributed by atoms with van der Waals surface area (Å²) in [6.07, 6.45) is 58.6. The predicted octanol–water partition coefficient (Wildman–Crippen LogP) is 16.6. The van der Waals surface area contributed by atoms with Gasteiger partial charge in [0.05, 0.1) is 0 Å². The molecule has 0 fully saturated rings. The van der Waals surface area contributed by atoms with Crippen molar-refractivity contribution in [3.63, 3.8) is 0 Å². The Morgan fingerprint density at radius 3 is 0.609 bits per heavy atom. The molecular formula is C45H93N. The first-order valence-electron chi connectivity index (χ1n) is 22.4. The van der Waals surface area contributed by atoms with Crippen LogP contribution in [0.15, 0.2) is 0 Å². The summed E-state index contributed by atoms with van der Waals surface area (Å²) >= 11 is 0. The summed E-state index contributed by atoms with van der Waals surface area (Å²) < 4.78 is 0. The van der Waals surface area contributed by atoms with Crippen LogP contribution in [0, 0.1) is 5.41 Å². The highest BCUT2D eigenvalue weighted by molar-refractivity contribution is 4.80. The van der Waals surface area contributed by atoms with Crippen LogP contribution in [0.2, 0.25) is 0 Å². The summed E-state index contributed by atoms with van der Waals surface area (Å²) in [5.74, 6) is 0. The van der Waals surface area contributed by atoms with E-state index in [0.29, 0.717) is 5.41 Å². The van der Waals surface area contributed by atoms with Crippen LogP contribution in [0.4, 0.5) is 0 Å². The van der Waals surface area contributed by atoms with E-state index < -0.39 is 0 Å². The third-order valence-electron chi connectivity index (χ3n) is 11.3. The molecule has 0 spiro atoms. The first-order valence-corrected chi connectivity index (χ1v) is 22.4. The lowest BCUT2D eigenvalue weighted by atomic mass is 9.70. The minimum Gasteiger partial charge on any atom is -0.330 e. The lowest BCUT2D eigenvalue weighted by Gasteiger charge is -2.35. The van der Waals surface area contributed by atoms with E-state index in [0.717, 1.165) is 6.54 Å². The van der Waals surface area contributed by atoms with Gasteiger partial charge in [0.15, 0.2) is 0 Å². The van der Waals surface area contributed by atoms with Crippen LogP contribution in [0.3, 0.4) is 0 Å². The third-order valence-corrected chi connectivity index (χ3v) is 11.3. The second kappa shape index (κ2) is 39.4. The van der Waals surface area contributed by atoms with E-state index in [4.69, 9.17) is 5.73 Å². The minimum absolute atomic E-state index is 0.667. The van der Waals surface area contributed by atoms with Crippen molar-refractivity contribution in [2.45, 2.75) is 278 Å². The second-order valence-electron chi connectivity index (χ2n) is 16.0. The molecule has 0 rings (SSSR count). The topological polar surface area (TPSA) is 26.0 Å². The van der Waals surface area contributed by atoms with Crippen LogP contribution >= 0.6 is 0 Å². The largest absolute Gasteiger partial charge is 0.330 e. The molecule has 2 N–H and O–H groups in total. The molecule has 0 aromatic rings. The molecule has 0 atom stereocenters. The first-order chi connectivity index (χ1) is 22.7. The maximum Gasteiger partial charge on any atom is -0.00773 e. The maximum absolute atomic E-state index is 5.60. The molecule has 1 heteroatoms. The molecule has 0 saturated carbocycles. The zero-order chi connectivity index (χ0) is 33.5. The molecular weight excluding hydrogens is 555 g/mol. The predicted molar refractivity (Wildman–Crippen MR) is 213 cm³/mol. The number of rotatable bonds is 41. The van der Waals surface area contributed by atoms with Crippen molar-refractivity contribution in [2.75, 3.05) is 6.54 Å². The summed E-state index contributed by atoms with van der Waals surface area (Å²) in [5.41, 5.74) is 6.27. The summed E-state index contributed by atoms with van der Waals surface area (Å²) in [4.78, 5) is 0. The van der Waals surface area contributed by atoms with Gasteiger partial charge in [0.1, 0.15) is 0 Å². The fraction of sp³-hybridized carbons (Fsp3) is 1.00. The van der Waals surface area contributed by atoms with E-state index in [1.807, 2.05) is 0 Å². The molecule has 0 aromatic heterocycles. The second-order valence-corrected chi connectivity index (χ2v) is 16.0. The Labute approximate surface area is 294 Å². The highest BCUT2D eigenvalue weighted by Crippen LogP contribution is 2.42. The van der Waals surface area contributed by atoms with Crippen LogP contribution < -0.4 is 5.73 Å². The number of hydrogen-bond donors (Lipinski definition) is 1. The van der Waals surface area contributed by atoms with E-state index in [9.17, 15) is 0 Å². The zero-order valence-corrected chi connectivity index (χ0v) is 33.1. The lowest BCUT2D eigenvalue weighted by molar-refractivity contribution is 0.171. The Hall–Kier alpha value is -0.0400. The molecule has 0 bridgehead atoms. The zero-order valence-electron chi connectivity index (χ0n) is 33.1. The SMILES string of the molecule is CCCCCCCCCC(CCCCCCCCC)(CCCCCCCCC)CCCCCCCCCCCCCCCCCN. The van der Waals surface area contributed by atoms with E-state index in [2.05, 4.69) is 20.8 Å². The molecule has 46 heavy (non-hydrogen) atoms. The van der Waals surface area contributed by atoms with Gasteiger partial charge in [-0.1, -0.05) is 245 Å². The average Bonchev–Trinajstić information content (AvgIpc) is 3.06. The van der Waals surface area contributed by atoms with Crippen molar-refractivity contribution in [1.82, 2.24) is 0 Å². The van der Waals surface area contributed by atoms with Gasteiger partial charge in [0, 0.05) is 0 Å². The average molecular weight is 648 g/mol. The Kier molecular flexibility index (Phi) is 39.4. The van der Waals surface area contributed by atoms with Crippen molar-refractivity contribution < 1.29 is 0 Å². The van der Waals surface area contributed by atoms with E-state index in [-0.39, 0.29) is 0 Å². The van der Waals surface area contributed by atoms with Crippen LogP contribution in [-0.4, -0.2) is 6.54 Å². The molecule has 0 radical (unpaired) electrons. The summed E-state index contributed by atoms with van der Waals surface area (Å²) in [6.45, 7) is 7.91. The molecule has 1 nitrogen and oxygen atoms in total. The highest BCUT2D eigenvalue weighted by Gasteiger charge is 2.28. The van der Waals surface area contributed by atoms with Gasteiger partial charge < -0.3 is 5.73 Å². The van der Waals surface area contributed by atoms with E-state index in [1.54, 1.807) is 25.7 Å². The van der Waals surface area contributed by atoms with Gasteiger partial charge in [-0.05, 0) is 44.1 Å². The van der Waals surface area contributed by atoms with E-state index in [1.165, 1.54) is 231 Å². The van der Waals surface area contributed by atoms with Crippen molar-refractivity contribution in [3.8, 4) is 0 Å². The summed E-state index contributed by atoms with van der Waals surface area (Å²) in [7, 11) is 0. The number of nitrogens with two attached hydrogens (primary N) is 1. The Bertz CT molecular complexity index is 482. The minimum atomic E-state index is 0.667. The van der Waals surface area contributed by atoms with Crippen molar-refractivity contribution in [3.05, 3.63) is 0 Å². The van der Waals surface area contributed by atoms with Gasteiger partial charge in [-0.3, -0.25) is 0 Å². The van der Waals surface area contributed by atoms with Crippen molar-refractivity contribution in [1.29, 1.82) is 0 Å². The Morgan fingerprint density at radius 2 is 0.413 bits per heavy atom. The third kappa shape index (κ3) is 33.8. The summed E-state index contributed by atoms with van der Waals surface area (Å²) in [6, 6.07) is 0. The molecule has 0 aliphatic rings. The van der Waals surface area contributed by atoms with Gasteiger partial charge in [-0.2, -0.15) is 0 Å². The Balaban J connectivity index is 4.56. The van der Waals surface area contributed by atoms with Gasteiger partial charge in [-0.15, -0.1) is 0 Å². The molecule has 0 amide bonds. The van der Waals surface area contributed by atoms with Gasteiger partial charge >= 0.3 is 0 Å². The van der Waals surface area contributed by atoms with Crippen LogP contribution in [0.1, 0.15) is 278 Å². The van der Waals surface area contributed by atoms with Crippen molar-refractivity contribution in [2.24, 2.45) is 11.1 Å². The van der Waals surface area contributed by atoms with Crippen LogP contribution in [0.25, 0.3) is 0 Å². The summed E-state index contributed by atoms with van der Waals surface area (Å²) in [5, 5.41) is 0. The quantitative estimate of drug-likeness (QED) is 0.0656. The molecule has 0 aliphatic heterocycles. The standard InChI is InChI=1S/C45H93N/c1-4-7-10-13-25-30-35-40-45(41-36-31-26-14-11-8-5-2,42-37-32-27-15-12-9-6-3)43-38-33-28-23-21-19-17-16-18-20-22-24-29-34-39-44-46/h4-44,46H2,1-3H3. The van der Waals surface area contributed by atoms with E-state index >= 15 is 0 Å². The highest BCUT2D eigenvalue weighted by atomic mass is 14.5. The van der Waals surface area contributed by atoms with Gasteiger partial charge in [0.2, 0.25) is 0 Å². The maximum atomic E-state index is 5.60. The fourth-order valence-corrected chi connectivity index (χ4v) is 8.06. The monoisotopic (exact) mass is 648 g/mol. The Morgan fingerprint density at radius 1 is 0.239 bits per heavy atom. The molecule has 278 valence electrons. The number of hydrogen-bond acceptors (Lipinski definition) is 1. The fourth-order valence-electron chi connectivity index (χ4n) is 8.06. The molecule has 0 aromatic carbocycles. The normalized spacial score (nSPS) is 12.0. The number of unbranched alkanes of at least 4 members (excludes halogenated alkanes) is 32. The van der Waals surface area contributed by atoms with Crippen LogP contribution in [0.5, 0.6) is 0 Å². The van der Waals surface area contributed by atoms with Gasteiger partial charge in [-0.25, -0.2) is 0 Å². The van der Waals surface area contributed by atoms with Gasteiger partial charge in [0.25, 0.3) is 0 Å². The molecule has 0 saturated heterocycles. The molecule has 0 aliphatic carbocycles. The van der Waals surface area contributed by atoms with Crippen LogP contribution in [-0.2, 0) is 0 Å². The smallest absolute Gasteiger partial charge is 0.00773 e. The van der Waals surface area contributed by atoms with Crippen molar-refractivity contribution >= 4 is 0 Å².